The fourth-order valence-electron chi connectivity index (χ4n) is 2.71. The predicted molar refractivity (Wildman–Crippen MR) is 109 cm³/mol. The van der Waals surface area contributed by atoms with Crippen molar-refractivity contribution in [3.8, 4) is 11.4 Å². The van der Waals surface area contributed by atoms with Crippen LogP contribution in [-0.2, 0) is 4.79 Å². The highest BCUT2D eigenvalue weighted by Gasteiger charge is 2.16. The topological polar surface area (TPSA) is 117 Å². The Balaban J connectivity index is 1.67. The monoisotopic (exact) mass is 405 g/mol. The van der Waals surface area contributed by atoms with E-state index in [9.17, 15) is 4.79 Å². The Hall–Kier alpha value is -3.91. The third-order valence-corrected chi connectivity index (χ3v) is 4.89. The molecule has 2 N–H and O–H groups in total. The number of nitrogens with zero attached hydrogens (tertiary/aromatic N) is 7. The number of amides is 1. The SMILES string of the molecule is [C-]#[N+]c1c(C)nsc1N=Nc1c(C)[nH]n2nc(-c3ccc(NC(C)=O)cc3)nc12. The number of carbonyl (C=O) groups is 1. The molecule has 0 aliphatic rings. The smallest absolute Gasteiger partial charge is 0.247 e. The van der Waals surface area contributed by atoms with E-state index in [0.717, 1.165) is 22.8 Å². The van der Waals surface area contributed by atoms with Crippen LogP contribution >= 0.6 is 11.5 Å². The summed E-state index contributed by atoms with van der Waals surface area (Å²) in [4.78, 5) is 19.2. The van der Waals surface area contributed by atoms with Gasteiger partial charge in [0, 0.05) is 18.2 Å². The van der Waals surface area contributed by atoms with Crippen molar-refractivity contribution >= 4 is 45.2 Å². The van der Waals surface area contributed by atoms with Gasteiger partial charge in [0.05, 0.1) is 18.0 Å². The minimum absolute atomic E-state index is 0.130. The normalized spacial score (nSPS) is 11.2. The summed E-state index contributed by atoms with van der Waals surface area (Å²) in [5.41, 5.74) is 4.36. The lowest BCUT2D eigenvalue weighted by atomic mass is 10.2. The zero-order valence-corrected chi connectivity index (χ0v) is 16.6. The third-order valence-electron chi connectivity index (χ3n) is 4.08. The number of anilines is 1. The first-order chi connectivity index (χ1) is 14.0. The molecule has 0 atom stereocenters. The fourth-order valence-corrected chi connectivity index (χ4v) is 3.38. The Morgan fingerprint density at radius 1 is 1.28 bits per heavy atom. The molecule has 1 aromatic carbocycles. The summed E-state index contributed by atoms with van der Waals surface area (Å²) in [5, 5.41) is 19.2. The summed E-state index contributed by atoms with van der Waals surface area (Å²) in [6.07, 6.45) is 0. The van der Waals surface area contributed by atoms with Gasteiger partial charge in [0.25, 0.3) is 0 Å². The summed E-state index contributed by atoms with van der Waals surface area (Å²) in [7, 11) is 0. The van der Waals surface area contributed by atoms with E-state index in [4.69, 9.17) is 6.57 Å². The lowest BCUT2D eigenvalue weighted by molar-refractivity contribution is -0.114. The molecule has 4 aromatic rings. The summed E-state index contributed by atoms with van der Waals surface area (Å²) in [6, 6.07) is 7.23. The molecule has 11 heteroatoms. The zero-order valence-electron chi connectivity index (χ0n) is 15.8. The van der Waals surface area contributed by atoms with Crippen molar-refractivity contribution in [2.24, 2.45) is 10.2 Å². The van der Waals surface area contributed by atoms with Crippen LogP contribution in [0.15, 0.2) is 34.5 Å². The summed E-state index contributed by atoms with van der Waals surface area (Å²) >= 11 is 1.13. The van der Waals surface area contributed by atoms with Gasteiger partial charge in [-0.3, -0.25) is 9.89 Å². The van der Waals surface area contributed by atoms with Gasteiger partial charge in [-0.25, -0.2) is 14.2 Å². The van der Waals surface area contributed by atoms with Crippen LogP contribution in [0.1, 0.15) is 18.3 Å². The van der Waals surface area contributed by atoms with Crippen LogP contribution in [0.5, 0.6) is 0 Å². The number of rotatable bonds is 4. The van der Waals surface area contributed by atoms with Crippen LogP contribution < -0.4 is 5.32 Å². The van der Waals surface area contributed by atoms with Gasteiger partial charge >= 0.3 is 0 Å². The van der Waals surface area contributed by atoms with Gasteiger partial charge in [-0.15, -0.1) is 15.3 Å². The molecule has 0 bridgehead atoms. The third kappa shape index (κ3) is 3.48. The van der Waals surface area contributed by atoms with E-state index in [-0.39, 0.29) is 5.91 Å². The molecular formula is C18H15N9OS. The maximum atomic E-state index is 11.1. The standard InChI is InChI=1S/C18H15N9OS/c1-9-14(22-23-18-15(19-4)10(2)26-29-18)17-21-16(25-27(17)24-9)12-5-7-13(8-6-12)20-11(3)28/h5-8,24H,1-3H3,(H,20,28). The number of aryl methyl sites for hydroxylation is 2. The number of H-pyrrole nitrogens is 1. The van der Waals surface area contributed by atoms with Gasteiger partial charge in [0.1, 0.15) is 0 Å². The number of aromatic amines is 1. The Bertz CT molecular complexity index is 1290. The van der Waals surface area contributed by atoms with Crippen molar-refractivity contribution in [3.63, 3.8) is 0 Å². The summed E-state index contributed by atoms with van der Waals surface area (Å²) in [5.74, 6) is 0.381. The molecule has 0 aliphatic carbocycles. The van der Waals surface area contributed by atoms with Crippen molar-refractivity contribution in [2.75, 3.05) is 5.32 Å². The average Bonchev–Trinajstić information content (AvgIpc) is 3.33. The van der Waals surface area contributed by atoms with E-state index >= 15 is 0 Å². The first-order valence-electron chi connectivity index (χ1n) is 8.55. The Morgan fingerprint density at radius 3 is 2.72 bits per heavy atom. The molecule has 1 amide bonds. The summed E-state index contributed by atoms with van der Waals surface area (Å²) in [6.45, 7) is 12.3. The second-order valence-electron chi connectivity index (χ2n) is 6.25. The van der Waals surface area contributed by atoms with Crippen molar-refractivity contribution in [3.05, 3.63) is 47.1 Å². The maximum Gasteiger partial charge on any atom is 0.247 e. The second-order valence-corrected chi connectivity index (χ2v) is 7.00. The molecule has 29 heavy (non-hydrogen) atoms. The van der Waals surface area contributed by atoms with Crippen LogP contribution in [0.2, 0.25) is 0 Å². The number of fused-ring (bicyclic) bond motifs is 1. The number of hydrogen-bond acceptors (Lipinski definition) is 7. The molecule has 0 fully saturated rings. The lowest BCUT2D eigenvalue weighted by Crippen LogP contribution is -2.05. The van der Waals surface area contributed by atoms with Crippen molar-refractivity contribution in [1.29, 1.82) is 0 Å². The number of azo groups is 1. The van der Waals surface area contributed by atoms with Gasteiger partial charge in [0.2, 0.25) is 17.2 Å². The van der Waals surface area contributed by atoms with E-state index in [0.29, 0.717) is 39.2 Å². The highest BCUT2D eigenvalue weighted by atomic mass is 32.1. The number of aromatic nitrogens is 5. The number of benzene rings is 1. The molecule has 4 rings (SSSR count). The van der Waals surface area contributed by atoms with E-state index in [1.807, 2.05) is 19.1 Å². The summed E-state index contributed by atoms with van der Waals surface area (Å²) < 4.78 is 5.68. The molecule has 3 heterocycles. The second kappa shape index (κ2) is 7.25. The van der Waals surface area contributed by atoms with Crippen molar-refractivity contribution in [2.45, 2.75) is 20.8 Å². The van der Waals surface area contributed by atoms with E-state index in [2.05, 4.69) is 39.9 Å². The predicted octanol–water partition coefficient (Wildman–Crippen LogP) is 4.72. The first-order valence-corrected chi connectivity index (χ1v) is 9.32. The van der Waals surface area contributed by atoms with Gasteiger partial charge in [-0.1, -0.05) is 0 Å². The van der Waals surface area contributed by atoms with Crippen LogP contribution in [0.25, 0.3) is 21.9 Å². The molecule has 0 radical (unpaired) electrons. The van der Waals surface area contributed by atoms with Gasteiger partial charge < -0.3 is 5.32 Å². The van der Waals surface area contributed by atoms with Crippen LogP contribution in [0, 0.1) is 20.4 Å². The van der Waals surface area contributed by atoms with Crippen molar-refractivity contribution < 1.29 is 4.79 Å². The molecule has 10 nitrogen and oxygen atoms in total. The van der Waals surface area contributed by atoms with E-state index in [1.165, 1.54) is 11.6 Å². The molecule has 3 aromatic heterocycles. The Kier molecular flexibility index (Phi) is 4.61. The molecule has 0 saturated carbocycles. The van der Waals surface area contributed by atoms with Crippen molar-refractivity contribution in [1.82, 2.24) is 24.2 Å². The Labute approximate surface area is 169 Å². The quantitative estimate of drug-likeness (QED) is 0.377. The van der Waals surface area contributed by atoms with E-state index in [1.54, 1.807) is 19.1 Å². The minimum Gasteiger partial charge on any atom is -0.326 e. The van der Waals surface area contributed by atoms with Crippen LogP contribution in [0.4, 0.5) is 22.1 Å². The van der Waals surface area contributed by atoms with Crippen LogP contribution in [-0.4, -0.2) is 30.1 Å². The maximum absolute atomic E-state index is 11.1. The zero-order chi connectivity index (χ0) is 20.5. The average molecular weight is 405 g/mol. The van der Waals surface area contributed by atoms with Gasteiger partial charge in [-0.2, -0.15) is 4.63 Å². The van der Waals surface area contributed by atoms with Crippen LogP contribution in [0.3, 0.4) is 0 Å². The largest absolute Gasteiger partial charge is 0.326 e. The minimum atomic E-state index is -0.130. The number of nitrogens with one attached hydrogen (secondary N) is 2. The molecule has 0 saturated heterocycles. The number of carbonyl (C=O) groups excluding carboxylic acids is 1. The molecule has 144 valence electrons. The molecular weight excluding hydrogens is 390 g/mol. The fraction of sp³-hybridized carbons (Fsp3) is 0.167. The first kappa shape index (κ1) is 18.5. The molecule has 0 aliphatic heterocycles. The van der Waals surface area contributed by atoms with E-state index < -0.39 is 0 Å². The molecule has 0 unspecified atom stereocenters. The molecule has 0 spiro atoms. The van der Waals surface area contributed by atoms with Gasteiger partial charge in [-0.05, 0) is 49.6 Å². The Morgan fingerprint density at radius 2 is 2.03 bits per heavy atom. The highest BCUT2D eigenvalue weighted by molar-refractivity contribution is 7.10. The highest BCUT2D eigenvalue weighted by Crippen LogP contribution is 2.37. The van der Waals surface area contributed by atoms with Gasteiger partial charge in [0.15, 0.2) is 16.5 Å². The number of hydrogen-bond donors (Lipinski definition) is 2. The lowest BCUT2D eigenvalue weighted by Gasteiger charge is -2.01.